The van der Waals surface area contributed by atoms with Crippen molar-refractivity contribution >= 4 is 22.5 Å². The molecule has 0 atom stereocenters. The molecule has 2 aromatic heterocycles. The van der Waals surface area contributed by atoms with Crippen LogP contribution in [0.3, 0.4) is 0 Å². The number of piperazine rings is 1. The monoisotopic (exact) mass is 386 g/mol. The summed E-state index contributed by atoms with van der Waals surface area (Å²) >= 11 is 0. The van der Waals surface area contributed by atoms with Crippen molar-refractivity contribution in [1.82, 2.24) is 25.5 Å². The number of nitrogens with zero attached hydrogens (tertiary/aromatic N) is 3. The minimum Gasteiger partial charge on any atom is -0.369 e. The summed E-state index contributed by atoms with van der Waals surface area (Å²) in [4.78, 5) is 22.8. The van der Waals surface area contributed by atoms with Crippen LogP contribution in [0.25, 0.3) is 22.6 Å². The summed E-state index contributed by atoms with van der Waals surface area (Å²) in [5.41, 5.74) is 5.22. The maximum absolute atomic E-state index is 12.7. The second-order valence-electron chi connectivity index (χ2n) is 7.26. The molecule has 5 rings (SSSR count). The first-order chi connectivity index (χ1) is 14.3. The van der Waals surface area contributed by atoms with E-state index in [1.54, 1.807) is 0 Å². The van der Waals surface area contributed by atoms with E-state index >= 15 is 0 Å². The minimum absolute atomic E-state index is 0.0664. The zero-order valence-corrected chi connectivity index (χ0v) is 16.0. The molecular weight excluding hydrogens is 364 g/mol. The van der Waals surface area contributed by atoms with Crippen LogP contribution in [0.1, 0.15) is 16.1 Å². The molecule has 4 aromatic rings. The fourth-order valence-electron chi connectivity index (χ4n) is 3.70. The number of hydrogen-bond donors (Lipinski definition) is 3. The molecule has 1 aliphatic heterocycles. The van der Waals surface area contributed by atoms with Gasteiger partial charge in [-0.25, -0.2) is 4.98 Å². The Kier molecular flexibility index (Phi) is 4.57. The van der Waals surface area contributed by atoms with Crippen molar-refractivity contribution in [3.8, 4) is 11.5 Å². The first kappa shape index (κ1) is 17.6. The smallest absolute Gasteiger partial charge is 0.168 e. The summed E-state index contributed by atoms with van der Waals surface area (Å²) in [5, 5.41) is 10.6. The van der Waals surface area contributed by atoms with E-state index in [2.05, 4.69) is 30.4 Å². The Bertz CT molecular complexity index is 1100. The quantitative estimate of drug-likeness (QED) is 0.459. The summed E-state index contributed by atoms with van der Waals surface area (Å²) in [6.45, 7) is 3.97. The van der Waals surface area contributed by atoms with Gasteiger partial charge in [-0.2, -0.15) is 5.10 Å². The Morgan fingerprint density at radius 3 is 2.62 bits per heavy atom. The van der Waals surface area contributed by atoms with E-state index in [9.17, 15) is 4.79 Å². The van der Waals surface area contributed by atoms with E-state index in [0.717, 1.165) is 48.6 Å². The standard InChI is InChI=1S/C22H22N6O/c29-21(15-5-7-17(8-6-15)28-11-9-23-10-12-28)14-16-13-20(27-26-16)22-24-18-3-1-2-4-19(18)25-22/h1-8,13,23H,9-12,14H2,(H,24,25)(H,26,27). The molecule has 29 heavy (non-hydrogen) atoms. The number of carbonyl (C=O) groups is 1. The second kappa shape index (κ2) is 7.52. The fourth-order valence-corrected chi connectivity index (χ4v) is 3.70. The molecule has 0 unspecified atom stereocenters. The third kappa shape index (κ3) is 3.64. The lowest BCUT2D eigenvalue weighted by Gasteiger charge is -2.29. The van der Waals surface area contributed by atoms with Crippen LogP contribution in [0.15, 0.2) is 54.6 Å². The van der Waals surface area contributed by atoms with Crippen molar-refractivity contribution in [2.45, 2.75) is 6.42 Å². The normalized spacial score (nSPS) is 14.4. The average Bonchev–Trinajstić information content (AvgIpc) is 3.41. The van der Waals surface area contributed by atoms with Gasteiger partial charge >= 0.3 is 0 Å². The van der Waals surface area contributed by atoms with Crippen molar-refractivity contribution in [2.75, 3.05) is 31.1 Å². The number of carbonyl (C=O) groups excluding carboxylic acids is 1. The molecule has 0 aliphatic carbocycles. The summed E-state index contributed by atoms with van der Waals surface area (Å²) in [6, 6.07) is 17.6. The van der Waals surface area contributed by atoms with Gasteiger partial charge < -0.3 is 15.2 Å². The number of nitrogens with one attached hydrogen (secondary N) is 3. The van der Waals surface area contributed by atoms with Crippen LogP contribution in [0.5, 0.6) is 0 Å². The summed E-state index contributed by atoms with van der Waals surface area (Å²) in [7, 11) is 0. The maximum atomic E-state index is 12.7. The minimum atomic E-state index is 0.0664. The van der Waals surface area contributed by atoms with Crippen molar-refractivity contribution in [3.05, 3.63) is 65.9 Å². The summed E-state index contributed by atoms with van der Waals surface area (Å²) in [5.74, 6) is 0.762. The SMILES string of the molecule is O=C(Cc1cc(-c2nc3ccccc3[nH]2)n[nH]1)c1ccc(N2CCNCC2)cc1. The van der Waals surface area contributed by atoms with Gasteiger partial charge in [0.1, 0.15) is 5.69 Å². The van der Waals surface area contributed by atoms with Crippen LogP contribution in [0.4, 0.5) is 5.69 Å². The van der Waals surface area contributed by atoms with E-state index in [0.29, 0.717) is 17.1 Å². The van der Waals surface area contributed by atoms with Gasteiger partial charge in [-0.05, 0) is 42.5 Å². The Morgan fingerprint density at radius 2 is 1.83 bits per heavy atom. The molecule has 0 radical (unpaired) electrons. The lowest BCUT2D eigenvalue weighted by Crippen LogP contribution is -2.43. The number of aromatic nitrogens is 4. The zero-order chi connectivity index (χ0) is 19.6. The topological polar surface area (TPSA) is 89.7 Å². The number of para-hydroxylation sites is 2. The number of anilines is 1. The third-order valence-electron chi connectivity index (χ3n) is 5.29. The largest absolute Gasteiger partial charge is 0.369 e. The van der Waals surface area contributed by atoms with Gasteiger partial charge in [-0.3, -0.25) is 9.89 Å². The molecule has 1 fully saturated rings. The summed E-state index contributed by atoms with van der Waals surface area (Å²) in [6.07, 6.45) is 0.278. The Hall–Kier alpha value is -3.45. The molecule has 7 heteroatoms. The average molecular weight is 386 g/mol. The summed E-state index contributed by atoms with van der Waals surface area (Å²) < 4.78 is 0. The van der Waals surface area contributed by atoms with Crippen LogP contribution in [0, 0.1) is 0 Å². The molecule has 1 saturated heterocycles. The van der Waals surface area contributed by atoms with Crippen molar-refractivity contribution in [2.24, 2.45) is 0 Å². The first-order valence-corrected chi connectivity index (χ1v) is 9.84. The molecule has 1 aliphatic rings. The van der Waals surface area contributed by atoms with Crippen molar-refractivity contribution in [3.63, 3.8) is 0 Å². The van der Waals surface area contributed by atoms with E-state index in [-0.39, 0.29) is 12.2 Å². The second-order valence-corrected chi connectivity index (χ2v) is 7.26. The molecule has 146 valence electrons. The molecule has 7 nitrogen and oxygen atoms in total. The van der Waals surface area contributed by atoms with Crippen molar-refractivity contribution in [1.29, 1.82) is 0 Å². The highest BCUT2D eigenvalue weighted by Gasteiger charge is 2.14. The molecule has 2 aromatic carbocycles. The molecular formula is C22H22N6O. The highest BCUT2D eigenvalue weighted by molar-refractivity contribution is 5.97. The number of imidazole rings is 1. The van der Waals surface area contributed by atoms with Gasteiger partial charge in [0.2, 0.25) is 0 Å². The van der Waals surface area contributed by atoms with Crippen LogP contribution < -0.4 is 10.2 Å². The van der Waals surface area contributed by atoms with Crippen LogP contribution in [0.2, 0.25) is 0 Å². The van der Waals surface area contributed by atoms with Crippen LogP contribution in [-0.2, 0) is 6.42 Å². The highest BCUT2D eigenvalue weighted by atomic mass is 16.1. The van der Waals surface area contributed by atoms with Gasteiger partial charge in [0, 0.05) is 43.1 Å². The lowest BCUT2D eigenvalue weighted by molar-refractivity contribution is 0.0992. The number of benzene rings is 2. The van der Waals surface area contributed by atoms with Gasteiger partial charge in [-0.15, -0.1) is 0 Å². The predicted octanol–water partition coefficient (Wildman–Crippen LogP) is 2.79. The number of hydrogen-bond acceptors (Lipinski definition) is 5. The fraction of sp³-hybridized carbons (Fsp3) is 0.227. The van der Waals surface area contributed by atoms with Crippen LogP contribution >= 0.6 is 0 Å². The van der Waals surface area contributed by atoms with Crippen LogP contribution in [-0.4, -0.2) is 52.1 Å². The van der Waals surface area contributed by atoms with Gasteiger partial charge in [-0.1, -0.05) is 12.1 Å². The molecule has 3 N–H and O–H groups in total. The molecule has 3 heterocycles. The van der Waals surface area contributed by atoms with E-state index in [1.807, 2.05) is 54.6 Å². The molecule has 0 spiro atoms. The Balaban J connectivity index is 1.28. The molecule has 0 amide bonds. The number of fused-ring (bicyclic) bond motifs is 1. The first-order valence-electron chi connectivity index (χ1n) is 9.84. The highest BCUT2D eigenvalue weighted by Crippen LogP contribution is 2.20. The van der Waals surface area contributed by atoms with E-state index < -0.39 is 0 Å². The Morgan fingerprint density at radius 1 is 1.03 bits per heavy atom. The van der Waals surface area contributed by atoms with Gasteiger partial charge in [0.25, 0.3) is 0 Å². The lowest BCUT2D eigenvalue weighted by atomic mass is 10.1. The number of aromatic amines is 2. The van der Waals surface area contributed by atoms with Gasteiger partial charge in [0.15, 0.2) is 11.6 Å². The molecule has 0 bridgehead atoms. The molecule has 0 saturated carbocycles. The Labute approximate surface area is 168 Å². The predicted molar refractivity (Wildman–Crippen MR) is 113 cm³/mol. The maximum Gasteiger partial charge on any atom is 0.168 e. The van der Waals surface area contributed by atoms with E-state index in [4.69, 9.17) is 0 Å². The van der Waals surface area contributed by atoms with Crippen molar-refractivity contribution < 1.29 is 4.79 Å². The van der Waals surface area contributed by atoms with E-state index in [1.165, 1.54) is 0 Å². The van der Waals surface area contributed by atoms with Gasteiger partial charge in [0.05, 0.1) is 17.5 Å². The number of rotatable bonds is 5. The number of Topliss-reactive ketones (excluding diaryl/α,β-unsaturated/α-hetero) is 1. The number of ketones is 1. The zero-order valence-electron chi connectivity index (χ0n) is 16.0. The third-order valence-corrected chi connectivity index (χ3v) is 5.29. The number of H-pyrrole nitrogens is 2.